The lowest BCUT2D eigenvalue weighted by Gasteiger charge is -2.19. The standard InChI is InChI=1S/C14H17F2N3/c1-3-17-13(14-18-8-9-19(14)4-2)10-6-5-7-11(15)12(10)16/h5-9,13,17H,3-4H2,1-2H3. The summed E-state index contributed by atoms with van der Waals surface area (Å²) in [4.78, 5) is 4.26. The van der Waals surface area contributed by atoms with Crippen LogP contribution in [0.3, 0.4) is 0 Å². The minimum Gasteiger partial charge on any atom is -0.334 e. The number of benzene rings is 1. The van der Waals surface area contributed by atoms with Gasteiger partial charge in [0.05, 0.1) is 6.04 Å². The van der Waals surface area contributed by atoms with E-state index in [-0.39, 0.29) is 5.56 Å². The van der Waals surface area contributed by atoms with Crippen molar-refractivity contribution in [2.75, 3.05) is 6.54 Å². The topological polar surface area (TPSA) is 29.9 Å². The number of imidazole rings is 1. The van der Waals surface area contributed by atoms with E-state index in [1.54, 1.807) is 12.3 Å². The highest BCUT2D eigenvalue weighted by atomic mass is 19.2. The zero-order valence-electron chi connectivity index (χ0n) is 11.0. The summed E-state index contributed by atoms with van der Waals surface area (Å²) in [7, 11) is 0. The van der Waals surface area contributed by atoms with E-state index in [0.717, 1.165) is 12.6 Å². The van der Waals surface area contributed by atoms with Crippen LogP contribution in [0.25, 0.3) is 0 Å². The predicted octanol–water partition coefficient (Wildman–Crippen LogP) is 2.88. The number of aromatic nitrogens is 2. The second kappa shape index (κ2) is 5.93. The highest BCUT2D eigenvalue weighted by Crippen LogP contribution is 2.24. The Balaban J connectivity index is 2.48. The first kappa shape index (κ1) is 13.7. The second-order valence-corrected chi connectivity index (χ2v) is 4.21. The van der Waals surface area contributed by atoms with Crippen LogP contribution in [0, 0.1) is 11.6 Å². The second-order valence-electron chi connectivity index (χ2n) is 4.21. The van der Waals surface area contributed by atoms with Gasteiger partial charge in [-0.3, -0.25) is 0 Å². The summed E-state index contributed by atoms with van der Waals surface area (Å²) < 4.78 is 29.2. The van der Waals surface area contributed by atoms with Gasteiger partial charge >= 0.3 is 0 Å². The molecule has 0 amide bonds. The molecule has 1 aromatic carbocycles. The van der Waals surface area contributed by atoms with Crippen LogP contribution < -0.4 is 5.32 Å². The minimum atomic E-state index is -0.838. The fourth-order valence-corrected chi connectivity index (χ4v) is 2.14. The van der Waals surface area contributed by atoms with Crippen LogP contribution in [0.4, 0.5) is 8.78 Å². The van der Waals surface area contributed by atoms with Crippen molar-refractivity contribution >= 4 is 0 Å². The molecule has 0 radical (unpaired) electrons. The molecule has 0 saturated heterocycles. The average Bonchev–Trinajstić information content (AvgIpc) is 2.88. The summed E-state index contributed by atoms with van der Waals surface area (Å²) in [6.45, 7) is 5.27. The lowest BCUT2D eigenvalue weighted by Crippen LogP contribution is -2.26. The van der Waals surface area contributed by atoms with Gasteiger partial charge in [0.1, 0.15) is 5.82 Å². The first-order valence-corrected chi connectivity index (χ1v) is 6.37. The Labute approximate surface area is 111 Å². The van der Waals surface area contributed by atoms with Crippen molar-refractivity contribution in [2.24, 2.45) is 0 Å². The predicted molar refractivity (Wildman–Crippen MR) is 69.8 cm³/mol. The summed E-state index contributed by atoms with van der Waals surface area (Å²) in [5.41, 5.74) is 0.280. The lowest BCUT2D eigenvalue weighted by atomic mass is 10.0. The number of hydrogen-bond acceptors (Lipinski definition) is 2. The van der Waals surface area contributed by atoms with E-state index in [1.807, 2.05) is 24.6 Å². The molecule has 0 aliphatic rings. The quantitative estimate of drug-likeness (QED) is 0.901. The monoisotopic (exact) mass is 265 g/mol. The summed E-state index contributed by atoms with van der Waals surface area (Å²) in [6.07, 6.45) is 3.50. The third-order valence-corrected chi connectivity index (χ3v) is 3.05. The SMILES string of the molecule is CCNC(c1cccc(F)c1F)c1nccn1CC. The third kappa shape index (κ3) is 2.66. The van der Waals surface area contributed by atoms with E-state index in [0.29, 0.717) is 12.4 Å². The van der Waals surface area contributed by atoms with Gasteiger partial charge in [0, 0.05) is 24.5 Å². The fourth-order valence-electron chi connectivity index (χ4n) is 2.14. The zero-order chi connectivity index (χ0) is 13.8. The molecule has 2 aromatic rings. The van der Waals surface area contributed by atoms with Gasteiger partial charge in [-0.05, 0) is 19.5 Å². The molecule has 1 N–H and O–H groups in total. The Morgan fingerprint density at radius 3 is 2.79 bits per heavy atom. The normalized spacial score (nSPS) is 12.6. The summed E-state index contributed by atoms with van der Waals surface area (Å²) >= 11 is 0. The molecule has 0 aliphatic carbocycles. The Kier molecular flexibility index (Phi) is 4.27. The first-order valence-electron chi connectivity index (χ1n) is 6.37. The van der Waals surface area contributed by atoms with Gasteiger partial charge < -0.3 is 9.88 Å². The van der Waals surface area contributed by atoms with E-state index in [9.17, 15) is 8.78 Å². The Bertz CT molecular complexity index is 551. The van der Waals surface area contributed by atoms with Crippen LogP contribution in [0.2, 0.25) is 0 Å². The highest BCUT2D eigenvalue weighted by molar-refractivity contribution is 5.27. The molecule has 0 aliphatic heterocycles. The molecule has 5 heteroatoms. The van der Waals surface area contributed by atoms with Crippen LogP contribution in [0.15, 0.2) is 30.6 Å². The van der Waals surface area contributed by atoms with Gasteiger partial charge in [-0.1, -0.05) is 19.1 Å². The van der Waals surface area contributed by atoms with Crippen LogP contribution >= 0.6 is 0 Å². The highest BCUT2D eigenvalue weighted by Gasteiger charge is 2.22. The molecule has 0 fully saturated rings. The van der Waals surface area contributed by atoms with Crippen LogP contribution in [0.1, 0.15) is 31.3 Å². The smallest absolute Gasteiger partial charge is 0.164 e. The zero-order valence-corrected chi connectivity index (χ0v) is 11.0. The van der Waals surface area contributed by atoms with Gasteiger partial charge in [0.2, 0.25) is 0 Å². The molecule has 19 heavy (non-hydrogen) atoms. The van der Waals surface area contributed by atoms with Crippen molar-refractivity contribution in [1.82, 2.24) is 14.9 Å². The van der Waals surface area contributed by atoms with Crippen molar-refractivity contribution < 1.29 is 8.78 Å². The maximum Gasteiger partial charge on any atom is 0.164 e. The Morgan fingerprint density at radius 2 is 2.11 bits per heavy atom. The van der Waals surface area contributed by atoms with Crippen molar-refractivity contribution in [1.29, 1.82) is 0 Å². The van der Waals surface area contributed by atoms with Gasteiger partial charge in [0.15, 0.2) is 11.6 Å². The van der Waals surface area contributed by atoms with Crippen molar-refractivity contribution in [3.8, 4) is 0 Å². The van der Waals surface area contributed by atoms with Crippen LogP contribution in [0.5, 0.6) is 0 Å². The van der Waals surface area contributed by atoms with Gasteiger partial charge in [0.25, 0.3) is 0 Å². The molecule has 0 bridgehead atoms. The van der Waals surface area contributed by atoms with Crippen molar-refractivity contribution in [3.63, 3.8) is 0 Å². The molecule has 2 rings (SSSR count). The molecule has 1 unspecified atom stereocenters. The van der Waals surface area contributed by atoms with Crippen LogP contribution in [-0.4, -0.2) is 16.1 Å². The van der Waals surface area contributed by atoms with Crippen molar-refractivity contribution in [3.05, 3.63) is 53.6 Å². The number of nitrogens with one attached hydrogen (secondary N) is 1. The van der Waals surface area contributed by atoms with Gasteiger partial charge in [-0.15, -0.1) is 0 Å². The number of rotatable bonds is 5. The Morgan fingerprint density at radius 1 is 1.32 bits per heavy atom. The largest absolute Gasteiger partial charge is 0.334 e. The minimum absolute atomic E-state index is 0.280. The van der Waals surface area contributed by atoms with E-state index in [1.165, 1.54) is 6.07 Å². The van der Waals surface area contributed by atoms with E-state index >= 15 is 0 Å². The molecule has 1 aromatic heterocycles. The number of nitrogens with zero attached hydrogens (tertiary/aromatic N) is 2. The number of aryl methyl sites for hydroxylation is 1. The average molecular weight is 265 g/mol. The molecule has 0 saturated carbocycles. The Hall–Kier alpha value is -1.75. The van der Waals surface area contributed by atoms with Crippen molar-refractivity contribution in [2.45, 2.75) is 26.4 Å². The maximum absolute atomic E-state index is 14.0. The molecule has 3 nitrogen and oxygen atoms in total. The maximum atomic E-state index is 14.0. The molecular formula is C14H17F2N3. The number of halogens is 2. The first-order chi connectivity index (χ1) is 9.19. The number of hydrogen-bond donors (Lipinski definition) is 1. The van der Waals surface area contributed by atoms with Gasteiger partial charge in [-0.25, -0.2) is 13.8 Å². The molecule has 102 valence electrons. The molecular weight excluding hydrogens is 248 g/mol. The molecule has 1 atom stereocenters. The van der Waals surface area contributed by atoms with E-state index in [4.69, 9.17) is 0 Å². The third-order valence-electron chi connectivity index (χ3n) is 3.05. The lowest BCUT2D eigenvalue weighted by molar-refractivity contribution is 0.472. The van der Waals surface area contributed by atoms with E-state index < -0.39 is 17.7 Å². The van der Waals surface area contributed by atoms with Crippen LogP contribution in [-0.2, 0) is 6.54 Å². The fraction of sp³-hybridized carbons (Fsp3) is 0.357. The summed E-state index contributed by atoms with van der Waals surface area (Å²) in [5.74, 6) is -0.969. The summed E-state index contributed by atoms with van der Waals surface area (Å²) in [5, 5.41) is 3.15. The van der Waals surface area contributed by atoms with E-state index in [2.05, 4.69) is 10.3 Å². The molecule has 0 spiro atoms. The van der Waals surface area contributed by atoms with Gasteiger partial charge in [-0.2, -0.15) is 0 Å². The summed E-state index contributed by atoms with van der Waals surface area (Å²) in [6, 6.07) is 3.77. The molecule has 1 heterocycles.